The van der Waals surface area contributed by atoms with E-state index in [1.807, 2.05) is 6.92 Å². The molecule has 2 rings (SSSR count). The molecule has 0 bridgehead atoms. The number of ether oxygens (including phenoxy) is 2. The largest absolute Gasteiger partial charge is 0.379 e. The first-order valence-electron chi connectivity index (χ1n) is 7.98. The third-order valence-electron chi connectivity index (χ3n) is 4.40. The van der Waals surface area contributed by atoms with E-state index in [-0.39, 0.29) is 21.5 Å². The van der Waals surface area contributed by atoms with Crippen LogP contribution >= 0.6 is 11.6 Å². The van der Waals surface area contributed by atoms with Crippen LogP contribution in [0.2, 0.25) is 5.02 Å². The standard InChI is InChI=1S/C16H23ClN2O5S/c1-4-16(2,23-3)15(20)18-14-11-12(5-6-13(14)17)25(21,22)19-7-9-24-10-8-19/h5-6,11H,4,7-10H2,1-3H3,(H,18,20). The molecule has 1 aliphatic rings. The summed E-state index contributed by atoms with van der Waals surface area (Å²) < 4.78 is 37.3. The Morgan fingerprint density at radius 2 is 2.04 bits per heavy atom. The van der Waals surface area contributed by atoms with E-state index < -0.39 is 15.6 Å². The molecular weight excluding hydrogens is 368 g/mol. The molecule has 25 heavy (non-hydrogen) atoms. The summed E-state index contributed by atoms with van der Waals surface area (Å²) in [5.74, 6) is -0.389. The zero-order valence-corrected chi connectivity index (χ0v) is 16.1. The lowest BCUT2D eigenvalue weighted by molar-refractivity contribution is -0.136. The van der Waals surface area contributed by atoms with E-state index in [1.54, 1.807) is 6.92 Å². The van der Waals surface area contributed by atoms with Crippen LogP contribution in [0.4, 0.5) is 5.69 Å². The van der Waals surface area contributed by atoms with Gasteiger partial charge in [0.25, 0.3) is 5.91 Å². The second kappa shape index (κ2) is 8.01. The zero-order chi connectivity index (χ0) is 18.7. The van der Waals surface area contributed by atoms with E-state index in [9.17, 15) is 13.2 Å². The molecule has 7 nitrogen and oxygen atoms in total. The molecule has 1 heterocycles. The highest BCUT2D eigenvalue weighted by molar-refractivity contribution is 7.89. The van der Waals surface area contributed by atoms with Gasteiger partial charge in [0.2, 0.25) is 10.0 Å². The number of methoxy groups -OCH3 is 1. The number of carbonyl (C=O) groups excluding carboxylic acids is 1. The van der Waals surface area contributed by atoms with Gasteiger partial charge in [-0.05, 0) is 31.5 Å². The third-order valence-corrected chi connectivity index (χ3v) is 6.62. The van der Waals surface area contributed by atoms with Gasteiger partial charge < -0.3 is 14.8 Å². The number of hydrogen-bond acceptors (Lipinski definition) is 5. The van der Waals surface area contributed by atoms with Crippen molar-refractivity contribution in [1.82, 2.24) is 4.31 Å². The fraction of sp³-hybridized carbons (Fsp3) is 0.562. The highest BCUT2D eigenvalue weighted by atomic mass is 35.5. The van der Waals surface area contributed by atoms with E-state index in [1.165, 1.54) is 29.6 Å². The number of sulfonamides is 1. The smallest absolute Gasteiger partial charge is 0.256 e. The van der Waals surface area contributed by atoms with Crippen LogP contribution in [-0.4, -0.2) is 57.6 Å². The molecule has 1 unspecified atom stereocenters. The molecule has 1 aliphatic heterocycles. The lowest BCUT2D eigenvalue weighted by Gasteiger charge is -2.27. The van der Waals surface area contributed by atoms with Crippen molar-refractivity contribution in [1.29, 1.82) is 0 Å². The van der Waals surface area contributed by atoms with E-state index >= 15 is 0 Å². The van der Waals surface area contributed by atoms with E-state index in [4.69, 9.17) is 21.1 Å². The van der Waals surface area contributed by atoms with Gasteiger partial charge in [-0.25, -0.2) is 8.42 Å². The molecule has 0 aromatic heterocycles. The highest BCUT2D eigenvalue weighted by Crippen LogP contribution is 2.28. The number of rotatable bonds is 6. The van der Waals surface area contributed by atoms with Crippen LogP contribution < -0.4 is 5.32 Å². The van der Waals surface area contributed by atoms with Crippen molar-refractivity contribution in [2.45, 2.75) is 30.8 Å². The SMILES string of the molecule is CCC(C)(OC)C(=O)Nc1cc(S(=O)(=O)N2CCOCC2)ccc1Cl. The number of carbonyl (C=O) groups is 1. The Labute approximate surface area is 153 Å². The fourth-order valence-corrected chi connectivity index (χ4v) is 3.95. The molecule has 0 saturated carbocycles. The van der Waals surface area contributed by atoms with E-state index in [2.05, 4.69) is 5.32 Å². The van der Waals surface area contributed by atoms with Crippen LogP contribution in [0.1, 0.15) is 20.3 Å². The first-order chi connectivity index (χ1) is 11.7. The van der Waals surface area contributed by atoms with Gasteiger partial charge in [0, 0.05) is 20.2 Å². The van der Waals surface area contributed by atoms with Gasteiger partial charge in [-0.2, -0.15) is 4.31 Å². The average molecular weight is 391 g/mol. The Balaban J connectivity index is 2.30. The number of hydrogen-bond donors (Lipinski definition) is 1. The van der Waals surface area contributed by atoms with Crippen LogP contribution in [0.3, 0.4) is 0 Å². The summed E-state index contributed by atoms with van der Waals surface area (Å²) in [5.41, 5.74) is -0.791. The van der Waals surface area contributed by atoms with Gasteiger partial charge in [0.1, 0.15) is 5.60 Å². The second-order valence-corrected chi connectivity index (χ2v) is 8.25. The van der Waals surface area contributed by atoms with E-state index in [0.29, 0.717) is 32.7 Å². The highest BCUT2D eigenvalue weighted by Gasteiger charge is 2.32. The predicted octanol–water partition coefficient (Wildman–Crippen LogP) is 2.11. The molecule has 9 heteroatoms. The van der Waals surface area contributed by atoms with Crippen molar-refractivity contribution in [2.24, 2.45) is 0 Å². The zero-order valence-electron chi connectivity index (χ0n) is 14.5. The molecule has 1 aromatic rings. The summed E-state index contributed by atoms with van der Waals surface area (Å²) >= 11 is 6.13. The molecular formula is C16H23ClN2O5S. The number of nitrogens with zero attached hydrogens (tertiary/aromatic N) is 1. The second-order valence-electron chi connectivity index (χ2n) is 5.90. The summed E-state index contributed by atoms with van der Waals surface area (Å²) in [6, 6.07) is 4.26. The van der Waals surface area contributed by atoms with Gasteiger partial charge in [-0.3, -0.25) is 4.79 Å². The van der Waals surface area contributed by atoms with Crippen molar-refractivity contribution >= 4 is 33.2 Å². The van der Waals surface area contributed by atoms with Gasteiger partial charge in [0.15, 0.2) is 0 Å². The van der Waals surface area contributed by atoms with Crippen LogP contribution in [0, 0.1) is 0 Å². The Morgan fingerprint density at radius 1 is 1.40 bits per heavy atom. The fourth-order valence-electron chi connectivity index (χ4n) is 2.35. The molecule has 1 N–H and O–H groups in total. The number of benzene rings is 1. The number of anilines is 1. The number of amides is 1. The molecule has 1 fully saturated rings. The Hall–Kier alpha value is -1.19. The molecule has 0 aliphatic carbocycles. The van der Waals surface area contributed by atoms with Gasteiger partial charge in [-0.15, -0.1) is 0 Å². The summed E-state index contributed by atoms with van der Waals surface area (Å²) in [4.78, 5) is 12.5. The van der Waals surface area contributed by atoms with Gasteiger partial charge >= 0.3 is 0 Å². The lowest BCUT2D eigenvalue weighted by Crippen LogP contribution is -2.41. The molecule has 1 saturated heterocycles. The minimum absolute atomic E-state index is 0.0738. The first-order valence-corrected chi connectivity index (χ1v) is 9.80. The van der Waals surface area contributed by atoms with Crippen molar-refractivity contribution in [3.63, 3.8) is 0 Å². The Morgan fingerprint density at radius 3 is 2.60 bits per heavy atom. The molecule has 140 valence electrons. The maximum Gasteiger partial charge on any atom is 0.256 e. The summed E-state index contributed by atoms with van der Waals surface area (Å²) in [5, 5.41) is 2.92. The molecule has 1 amide bonds. The van der Waals surface area contributed by atoms with Crippen molar-refractivity contribution < 1.29 is 22.7 Å². The number of morpholine rings is 1. The first kappa shape index (κ1) is 20.1. The van der Waals surface area contributed by atoms with Crippen LogP contribution in [0.5, 0.6) is 0 Å². The average Bonchev–Trinajstić information content (AvgIpc) is 2.63. The van der Waals surface area contributed by atoms with Gasteiger partial charge in [0.05, 0.1) is 28.8 Å². The predicted molar refractivity (Wildman–Crippen MR) is 95.4 cm³/mol. The third kappa shape index (κ3) is 4.32. The maximum absolute atomic E-state index is 12.7. The molecule has 0 radical (unpaired) electrons. The lowest BCUT2D eigenvalue weighted by atomic mass is 10.0. The number of halogens is 1. The van der Waals surface area contributed by atoms with Crippen LogP contribution in [0.15, 0.2) is 23.1 Å². The van der Waals surface area contributed by atoms with Gasteiger partial charge in [-0.1, -0.05) is 18.5 Å². The van der Waals surface area contributed by atoms with Crippen molar-refractivity contribution in [3.8, 4) is 0 Å². The molecule has 1 aromatic carbocycles. The summed E-state index contributed by atoms with van der Waals surface area (Å²) in [7, 11) is -2.22. The van der Waals surface area contributed by atoms with Crippen molar-refractivity contribution in [2.75, 3.05) is 38.7 Å². The minimum atomic E-state index is -3.67. The van der Waals surface area contributed by atoms with Crippen LogP contribution in [-0.2, 0) is 24.3 Å². The van der Waals surface area contributed by atoms with Crippen molar-refractivity contribution in [3.05, 3.63) is 23.2 Å². The minimum Gasteiger partial charge on any atom is -0.379 e. The monoisotopic (exact) mass is 390 g/mol. The molecule has 1 atom stereocenters. The molecule has 0 spiro atoms. The Bertz CT molecular complexity index is 728. The Kier molecular flexibility index (Phi) is 6.45. The van der Waals surface area contributed by atoms with Crippen LogP contribution in [0.25, 0.3) is 0 Å². The maximum atomic E-state index is 12.7. The topological polar surface area (TPSA) is 84.9 Å². The quantitative estimate of drug-likeness (QED) is 0.804. The normalized spacial score (nSPS) is 18.6. The number of nitrogens with one attached hydrogen (secondary N) is 1. The summed E-state index contributed by atoms with van der Waals surface area (Å²) in [6.45, 7) is 4.79. The van der Waals surface area contributed by atoms with E-state index in [0.717, 1.165) is 0 Å². The summed E-state index contributed by atoms with van der Waals surface area (Å²) in [6.07, 6.45) is 0.457.